The van der Waals surface area contributed by atoms with Gasteiger partial charge in [-0.05, 0) is 42.8 Å². The lowest BCUT2D eigenvalue weighted by Crippen LogP contribution is -2.15. The number of aromatic nitrogens is 2. The topological polar surface area (TPSA) is 75.1 Å². The maximum absolute atomic E-state index is 12.2. The molecule has 0 spiro atoms. The number of H-pyrrole nitrogens is 1. The number of nitrogens with one attached hydrogen (secondary N) is 1. The number of carboxylic acid groups (broad SMARTS) is 1. The minimum Gasteiger partial charge on any atom is -0.478 e. The predicted octanol–water partition coefficient (Wildman–Crippen LogP) is 2.98. The lowest BCUT2D eigenvalue weighted by Gasteiger charge is -2.07. The number of hydrogen-bond acceptors (Lipinski definition) is 2. The molecule has 0 aliphatic rings. The van der Waals surface area contributed by atoms with E-state index in [0.717, 1.165) is 5.56 Å². The molecular weight excluding hydrogens is 292 g/mol. The summed E-state index contributed by atoms with van der Waals surface area (Å²) >= 11 is 6.17. The van der Waals surface area contributed by atoms with Crippen molar-refractivity contribution >= 4 is 28.6 Å². The molecule has 0 fully saturated rings. The van der Waals surface area contributed by atoms with E-state index in [1.165, 1.54) is 16.7 Å². The number of carboxylic acids is 1. The Morgan fingerprint density at radius 3 is 2.71 bits per heavy atom. The maximum Gasteiger partial charge on any atom is 0.335 e. The van der Waals surface area contributed by atoms with Crippen LogP contribution in [0.1, 0.15) is 15.9 Å². The molecule has 0 bridgehead atoms. The Kier molecular flexibility index (Phi) is 3.07. The van der Waals surface area contributed by atoms with Gasteiger partial charge in [0.2, 0.25) is 0 Å². The van der Waals surface area contributed by atoms with E-state index in [9.17, 15) is 9.59 Å². The van der Waals surface area contributed by atoms with Gasteiger partial charge in [-0.25, -0.2) is 9.59 Å². The van der Waals surface area contributed by atoms with Crippen LogP contribution in [0.5, 0.6) is 0 Å². The summed E-state index contributed by atoms with van der Waals surface area (Å²) < 4.78 is 1.39. The van der Waals surface area contributed by atoms with E-state index in [1.807, 2.05) is 13.0 Å². The van der Waals surface area contributed by atoms with Gasteiger partial charge in [0.05, 0.1) is 27.3 Å². The van der Waals surface area contributed by atoms with Crippen molar-refractivity contribution in [3.8, 4) is 5.69 Å². The van der Waals surface area contributed by atoms with Crippen LogP contribution < -0.4 is 5.69 Å². The number of carbonyl (C=O) groups is 1. The van der Waals surface area contributed by atoms with Gasteiger partial charge in [0.1, 0.15) is 0 Å². The van der Waals surface area contributed by atoms with Crippen molar-refractivity contribution < 1.29 is 9.90 Å². The van der Waals surface area contributed by atoms with Crippen LogP contribution in [-0.2, 0) is 0 Å². The highest BCUT2D eigenvalue weighted by Crippen LogP contribution is 2.24. The summed E-state index contributed by atoms with van der Waals surface area (Å²) in [5.41, 5.74) is 2.26. The summed E-state index contributed by atoms with van der Waals surface area (Å²) in [4.78, 5) is 26.0. The van der Waals surface area contributed by atoms with E-state index in [1.54, 1.807) is 18.2 Å². The second kappa shape index (κ2) is 4.79. The van der Waals surface area contributed by atoms with Gasteiger partial charge in [-0.2, -0.15) is 0 Å². The Hall–Kier alpha value is -2.53. The third-order valence-electron chi connectivity index (χ3n) is 3.27. The number of hydrogen-bond donors (Lipinski definition) is 2. The number of aryl methyl sites for hydroxylation is 1. The molecule has 0 amide bonds. The van der Waals surface area contributed by atoms with Crippen LogP contribution in [0.3, 0.4) is 0 Å². The largest absolute Gasteiger partial charge is 0.478 e. The first kappa shape index (κ1) is 13.5. The number of benzene rings is 2. The Labute approximate surface area is 124 Å². The zero-order chi connectivity index (χ0) is 15.1. The molecule has 0 atom stereocenters. The lowest BCUT2D eigenvalue weighted by molar-refractivity contribution is 0.0697. The zero-order valence-electron chi connectivity index (χ0n) is 11.1. The normalized spacial score (nSPS) is 11.0. The van der Waals surface area contributed by atoms with Gasteiger partial charge >= 0.3 is 11.7 Å². The molecule has 5 nitrogen and oxygen atoms in total. The molecule has 0 saturated carbocycles. The molecule has 0 aliphatic carbocycles. The first-order chi connectivity index (χ1) is 9.97. The average molecular weight is 303 g/mol. The number of aromatic amines is 1. The molecular formula is C15H11ClN2O3. The Morgan fingerprint density at radius 1 is 1.24 bits per heavy atom. The van der Waals surface area contributed by atoms with Crippen molar-refractivity contribution in [2.75, 3.05) is 0 Å². The smallest absolute Gasteiger partial charge is 0.335 e. The minimum atomic E-state index is -1.05. The quantitative estimate of drug-likeness (QED) is 0.764. The van der Waals surface area contributed by atoms with Crippen molar-refractivity contribution in [2.24, 2.45) is 0 Å². The summed E-state index contributed by atoms with van der Waals surface area (Å²) in [5.74, 6) is -1.05. The second-order valence-electron chi connectivity index (χ2n) is 4.76. The van der Waals surface area contributed by atoms with Crippen LogP contribution in [0.15, 0.2) is 41.2 Å². The van der Waals surface area contributed by atoms with Gasteiger partial charge in [-0.1, -0.05) is 17.7 Å². The molecule has 0 aliphatic heterocycles. The van der Waals surface area contributed by atoms with E-state index in [2.05, 4.69) is 4.98 Å². The van der Waals surface area contributed by atoms with Crippen LogP contribution in [0.2, 0.25) is 5.02 Å². The number of rotatable bonds is 2. The monoisotopic (exact) mass is 302 g/mol. The molecule has 3 rings (SSSR count). The van der Waals surface area contributed by atoms with E-state index < -0.39 is 5.97 Å². The van der Waals surface area contributed by atoms with Crippen molar-refractivity contribution in [1.29, 1.82) is 0 Å². The van der Waals surface area contributed by atoms with Gasteiger partial charge in [0.15, 0.2) is 0 Å². The van der Waals surface area contributed by atoms with Gasteiger partial charge in [0.25, 0.3) is 0 Å². The highest BCUT2D eigenvalue weighted by molar-refractivity contribution is 6.32. The Balaban J connectivity index is 2.38. The molecule has 0 radical (unpaired) electrons. The third-order valence-corrected chi connectivity index (χ3v) is 3.59. The fraction of sp³-hybridized carbons (Fsp3) is 0.0667. The predicted molar refractivity (Wildman–Crippen MR) is 80.6 cm³/mol. The van der Waals surface area contributed by atoms with E-state index in [-0.39, 0.29) is 11.3 Å². The fourth-order valence-corrected chi connectivity index (χ4v) is 2.47. The number of imidazole rings is 1. The van der Waals surface area contributed by atoms with Crippen LogP contribution in [-0.4, -0.2) is 20.6 Å². The van der Waals surface area contributed by atoms with Gasteiger partial charge in [-0.3, -0.25) is 4.57 Å². The van der Waals surface area contributed by atoms with E-state index >= 15 is 0 Å². The summed E-state index contributed by atoms with van der Waals surface area (Å²) in [6.45, 7) is 1.89. The molecule has 0 unspecified atom stereocenters. The van der Waals surface area contributed by atoms with Crippen molar-refractivity contribution in [3.63, 3.8) is 0 Å². The molecule has 2 aromatic carbocycles. The van der Waals surface area contributed by atoms with Gasteiger partial charge in [0, 0.05) is 0 Å². The number of halogens is 1. The standard InChI is InChI=1S/C15H11ClN2O3/c1-8-2-4-10(16)12(6-8)18-13-7-9(14(19)20)3-5-11(13)17-15(18)21/h2-7H,1H3,(H,17,21)(H,19,20). The molecule has 6 heteroatoms. The maximum atomic E-state index is 12.2. The Bertz CT molecular complexity index is 924. The third kappa shape index (κ3) is 2.21. The van der Waals surface area contributed by atoms with Gasteiger partial charge in [-0.15, -0.1) is 0 Å². The number of aromatic carboxylic acids is 1. The summed E-state index contributed by atoms with van der Waals surface area (Å²) in [7, 11) is 0. The highest BCUT2D eigenvalue weighted by atomic mass is 35.5. The number of nitrogens with zero attached hydrogens (tertiary/aromatic N) is 1. The highest BCUT2D eigenvalue weighted by Gasteiger charge is 2.14. The molecule has 3 aromatic rings. The van der Waals surface area contributed by atoms with Crippen LogP contribution in [0, 0.1) is 6.92 Å². The van der Waals surface area contributed by atoms with Crippen LogP contribution in [0.4, 0.5) is 0 Å². The molecule has 106 valence electrons. The molecule has 21 heavy (non-hydrogen) atoms. The SMILES string of the molecule is Cc1ccc(Cl)c(-n2c(=O)[nH]c3ccc(C(=O)O)cc32)c1. The second-order valence-corrected chi connectivity index (χ2v) is 5.16. The summed E-state index contributed by atoms with van der Waals surface area (Å²) in [5, 5.41) is 9.51. The van der Waals surface area contributed by atoms with Crippen molar-refractivity contribution in [2.45, 2.75) is 6.92 Å². The number of fused-ring (bicyclic) bond motifs is 1. The van der Waals surface area contributed by atoms with E-state index in [0.29, 0.717) is 21.7 Å². The summed E-state index contributed by atoms with van der Waals surface area (Å²) in [6.07, 6.45) is 0. The lowest BCUT2D eigenvalue weighted by atomic mass is 10.2. The minimum absolute atomic E-state index is 0.110. The van der Waals surface area contributed by atoms with Crippen molar-refractivity contribution in [1.82, 2.24) is 9.55 Å². The van der Waals surface area contributed by atoms with Crippen LogP contribution >= 0.6 is 11.6 Å². The average Bonchev–Trinajstić information content (AvgIpc) is 2.76. The fourth-order valence-electron chi connectivity index (χ4n) is 2.27. The molecule has 1 aromatic heterocycles. The Morgan fingerprint density at radius 2 is 2.00 bits per heavy atom. The molecule has 2 N–H and O–H groups in total. The van der Waals surface area contributed by atoms with Crippen molar-refractivity contribution in [3.05, 3.63) is 63.0 Å². The molecule has 1 heterocycles. The zero-order valence-corrected chi connectivity index (χ0v) is 11.8. The first-order valence-electron chi connectivity index (χ1n) is 6.22. The summed E-state index contributed by atoms with van der Waals surface area (Å²) in [6, 6.07) is 9.80. The van der Waals surface area contributed by atoms with Gasteiger partial charge < -0.3 is 10.1 Å². The van der Waals surface area contributed by atoms with E-state index in [4.69, 9.17) is 16.7 Å². The van der Waals surface area contributed by atoms with Crippen LogP contribution in [0.25, 0.3) is 16.7 Å². The first-order valence-corrected chi connectivity index (χ1v) is 6.60. The molecule has 0 saturated heterocycles.